The van der Waals surface area contributed by atoms with E-state index in [1.165, 1.54) is 12.0 Å². The number of rotatable bonds is 4. The number of para-hydroxylation sites is 1. The van der Waals surface area contributed by atoms with Crippen LogP contribution in [-0.2, 0) is 11.3 Å². The molecule has 5 rings (SSSR count). The summed E-state index contributed by atoms with van der Waals surface area (Å²) in [4.78, 5) is 26.9. The molecule has 162 valence electrons. The summed E-state index contributed by atoms with van der Waals surface area (Å²) in [5, 5.41) is 8.91. The average Bonchev–Trinajstić information content (AvgIpc) is 3.18. The third-order valence-corrected chi connectivity index (χ3v) is 6.62. The minimum absolute atomic E-state index is 0.0447. The highest BCUT2D eigenvalue weighted by Crippen LogP contribution is 2.38. The molecule has 1 saturated heterocycles. The smallest absolute Gasteiger partial charge is 0.319 e. The number of likely N-dealkylation sites (tertiary alicyclic amines) is 1. The van der Waals surface area contributed by atoms with Crippen LogP contribution in [-0.4, -0.2) is 42.6 Å². The number of benzene rings is 2. The largest absolute Gasteiger partial charge is 0.479 e. The molecule has 31 heavy (non-hydrogen) atoms. The first-order valence-electron chi connectivity index (χ1n) is 11.0. The van der Waals surface area contributed by atoms with Gasteiger partial charge in [0.25, 0.3) is 5.91 Å². The number of fused-ring (bicyclic) bond motifs is 2. The second-order valence-electron chi connectivity index (χ2n) is 8.76. The molecule has 7 nitrogen and oxygen atoms in total. The maximum absolute atomic E-state index is 12.8. The number of amides is 3. The van der Waals surface area contributed by atoms with Gasteiger partial charge in [-0.25, -0.2) is 4.79 Å². The molecule has 0 radical (unpaired) electrons. The number of urea groups is 1. The number of anilines is 2. The van der Waals surface area contributed by atoms with Crippen molar-refractivity contribution in [1.82, 2.24) is 10.2 Å². The molecule has 2 fully saturated rings. The Morgan fingerprint density at radius 2 is 1.97 bits per heavy atom. The van der Waals surface area contributed by atoms with Crippen molar-refractivity contribution in [1.29, 1.82) is 0 Å². The molecule has 0 bridgehead atoms. The van der Waals surface area contributed by atoms with E-state index in [2.05, 4.69) is 51.2 Å². The lowest BCUT2D eigenvalue weighted by Crippen LogP contribution is -2.47. The fourth-order valence-electron chi connectivity index (χ4n) is 5.25. The lowest BCUT2D eigenvalue weighted by molar-refractivity contribution is -0.118. The van der Waals surface area contributed by atoms with Gasteiger partial charge in [-0.15, -0.1) is 0 Å². The van der Waals surface area contributed by atoms with E-state index in [0.717, 1.165) is 32.5 Å². The predicted molar refractivity (Wildman–Crippen MR) is 119 cm³/mol. The van der Waals surface area contributed by atoms with Gasteiger partial charge in [0.15, 0.2) is 12.4 Å². The number of hydrogen-bond acceptors (Lipinski definition) is 4. The van der Waals surface area contributed by atoms with Crippen LogP contribution in [0.3, 0.4) is 0 Å². The number of ether oxygens (including phenoxy) is 1. The van der Waals surface area contributed by atoms with E-state index in [0.29, 0.717) is 29.0 Å². The molecule has 3 atom stereocenters. The number of carbonyl (C=O) groups excluding carboxylic acids is 2. The minimum Gasteiger partial charge on any atom is -0.479 e. The molecule has 0 spiro atoms. The lowest BCUT2D eigenvalue weighted by atomic mass is 9.78. The van der Waals surface area contributed by atoms with Gasteiger partial charge in [-0.3, -0.25) is 9.69 Å². The number of nitrogens with one attached hydrogen (secondary N) is 3. The second-order valence-corrected chi connectivity index (χ2v) is 8.76. The van der Waals surface area contributed by atoms with Gasteiger partial charge in [0, 0.05) is 25.7 Å². The van der Waals surface area contributed by atoms with E-state index in [4.69, 9.17) is 4.74 Å². The summed E-state index contributed by atoms with van der Waals surface area (Å²) in [5.74, 6) is 1.42. The molecule has 3 amide bonds. The molecular weight excluding hydrogens is 392 g/mol. The average molecular weight is 421 g/mol. The van der Waals surface area contributed by atoms with Crippen molar-refractivity contribution < 1.29 is 14.3 Å². The van der Waals surface area contributed by atoms with Crippen molar-refractivity contribution in [2.24, 2.45) is 11.8 Å². The van der Waals surface area contributed by atoms with Gasteiger partial charge in [-0.05, 0) is 42.4 Å². The highest BCUT2D eigenvalue weighted by atomic mass is 16.5. The normalized spacial score (nSPS) is 25.0. The first-order valence-corrected chi connectivity index (χ1v) is 11.0. The Labute approximate surface area is 182 Å². The standard InChI is InChI=1S/C24H28N4O3/c29-22-15-31-23-20(25-22)10-5-11-21(23)27-24(30)26-19-9-4-8-17-13-28(14-18(17)19)12-16-6-2-1-3-7-16/h1-3,5-7,10-11,17-19H,4,8-9,12-15H2,(H,25,29)(H2,26,27,30). The highest BCUT2D eigenvalue weighted by molar-refractivity contribution is 5.99. The monoisotopic (exact) mass is 420 g/mol. The Kier molecular flexibility index (Phi) is 5.51. The third-order valence-electron chi connectivity index (χ3n) is 6.62. The van der Waals surface area contributed by atoms with Crippen molar-refractivity contribution >= 4 is 23.3 Å². The molecule has 1 saturated carbocycles. The quantitative estimate of drug-likeness (QED) is 0.708. The van der Waals surface area contributed by atoms with Gasteiger partial charge in [-0.1, -0.05) is 42.8 Å². The Hall–Kier alpha value is -3.06. The van der Waals surface area contributed by atoms with Gasteiger partial charge in [0.2, 0.25) is 0 Å². The second kappa shape index (κ2) is 8.59. The van der Waals surface area contributed by atoms with E-state index in [9.17, 15) is 9.59 Å². The minimum atomic E-state index is -0.221. The van der Waals surface area contributed by atoms with E-state index in [-0.39, 0.29) is 24.6 Å². The number of hydrogen-bond donors (Lipinski definition) is 3. The van der Waals surface area contributed by atoms with Crippen molar-refractivity contribution in [3.8, 4) is 5.75 Å². The van der Waals surface area contributed by atoms with Crippen molar-refractivity contribution in [2.75, 3.05) is 30.3 Å². The Morgan fingerprint density at radius 1 is 1.10 bits per heavy atom. The zero-order valence-corrected chi connectivity index (χ0v) is 17.5. The molecule has 0 aromatic heterocycles. The van der Waals surface area contributed by atoms with Crippen LogP contribution in [0.1, 0.15) is 24.8 Å². The van der Waals surface area contributed by atoms with Crippen LogP contribution in [0.2, 0.25) is 0 Å². The van der Waals surface area contributed by atoms with Gasteiger partial charge in [0.05, 0.1) is 11.4 Å². The van der Waals surface area contributed by atoms with Gasteiger partial charge < -0.3 is 20.7 Å². The van der Waals surface area contributed by atoms with Gasteiger partial charge in [0.1, 0.15) is 0 Å². The van der Waals surface area contributed by atoms with Crippen LogP contribution in [0, 0.1) is 11.8 Å². The predicted octanol–water partition coefficient (Wildman–Crippen LogP) is 3.44. The van der Waals surface area contributed by atoms with Crippen molar-refractivity contribution in [3.05, 3.63) is 54.1 Å². The molecule has 3 aliphatic rings. The first-order chi connectivity index (χ1) is 15.2. The summed E-state index contributed by atoms with van der Waals surface area (Å²) in [6.07, 6.45) is 3.38. The maximum Gasteiger partial charge on any atom is 0.319 e. The molecule has 3 unspecified atom stereocenters. The molecule has 1 aliphatic carbocycles. The number of nitrogens with zero attached hydrogens (tertiary/aromatic N) is 1. The zero-order chi connectivity index (χ0) is 21.2. The van der Waals surface area contributed by atoms with E-state index >= 15 is 0 Å². The SMILES string of the molecule is O=C1COc2c(cccc2NC(=O)NC2CCCC3CN(Cc4ccccc4)CC32)N1. The summed E-state index contributed by atoms with van der Waals surface area (Å²) in [6, 6.07) is 15.9. The molecule has 3 N–H and O–H groups in total. The summed E-state index contributed by atoms with van der Waals surface area (Å²) >= 11 is 0. The Bertz CT molecular complexity index is 965. The van der Waals surface area contributed by atoms with Crippen LogP contribution in [0.4, 0.5) is 16.2 Å². The highest BCUT2D eigenvalue weighted by Gasteiger charge is 2.40. The Balaban J connectivity index is 1.22. The summed E-state index contributed by atoms with van der Waals surface area (Å²) in [5.41, 5.74) is 2.49. The number of carbonyl (C=O) groups is 2. The molecular formula is C24H28N4O3. The molecule has 2 aromatic carbocycles. The van der Waals surface area contributed by atoms with Crippen molar-refractivity contribution in [2.45, 2.75) is 31.8 Å². The van der Waals surface area contributed by atoms with Crippen LogP contribution < -0.4 is 20.7 Å². The van der Waals surface area contributed by atoms with E-state index < -0.39 is 0 Å². The summed E-state index contributed by atoms with van der Waals surface area (Å²) < 4.78 is 5.54. The topological polar surface area (TPSA) is 82.7 Å². The van der Waals surface area contributed by atoms with Crippen LogP contribution in [0.15, 0.2) is 48.5 Å². The molecule has 2 aliphatic heterocycles. The fraction of sp³-hybridized carbons (Fsp3) is 0.417. The molecule has 2 heterocycles. The molecule has 7 heteroatoms. The molecule has 2 aromatic rings. The van der Waals surface area contributed by atoms with Gasteiger partial charge >= 0.3 is 6.03 Å². The Morgan fingerprint density at radius 3 is 2.84 bits per heavy atom. The lowest BCUT2D eigenvalue weighted by Gasteiger charge is -2.33. The third kappa shape index (κ3) is 4.37. The maximum atomic E-state index is 12.8. The van der Waals surface area contributed by atoms with Crippen LogP contribution >= 0.6 is 0 Å². The van der Waals surface area contributed by atoms with Gasteiger partial charge in [-0.2, -0.15) is 0 Å². The van der Waals surface area contributed by atoms with Crippen molar-refractivity contribution in [3.63, 3.8) is 0 Å². The van der Waals surface area contributed by atoms with E-state index in [1.54, 1.807) is 18.2 Å². The summed E-state index contributed by atoms with van der Waals surface area (Å²) in [7, 11) is 0. The zero-order valence-electron chi connectivity index (χ0n) is 17.5. The first kappa shape index (κ1) is 19.9. The van der Waals surface area contributed by atoms with Crippen LogP contribution in [0.25, 0.3) is 0 Å². The van der Waals surface area contributed by atoms with Crippen LogP contribution in [0.5, 0.6) is 5.75 Å². The van der Waals surface area contributed by atoms with E-state index in [1.807, 2.05) is 0 Å². The summed E-state index contributed by atoms with van der Waals surface area (Å²) in [6.45, 7) is 3.03. The fourth-order valence-corrected chi connectivity index (χ4v) is 5.25.